The molecule has 0 aliphatic heterocycles. The first-order valence-electron chi connectivity index (χ1n) is 6.22. The summed E-state index contributed by atoms with van der Waals surface area (Å²) in [5.41, 5.74) is 0.958. The van der Waals surface area contributed by atoms with E-state index in [9.17, 15) is 4.79 Å². The van der Waals surface area contributed by atoms with E-state index in [1.54, 1.807) is 20.2 Å². The van der Waals surface area contributed by atoms with Crippen molar-refractivity contribution in [3.8, 4) is 5.75 Å². The van der Waals surface area contributed by atoms with Crippen LogP contribution in [0.1, 0.15) is 5.56 Å². The maximum Gasteiger partial charge on any atom is 0.269 e. The predicted octanol–water partition coefficient (Wildman–Crippen LogP) is 2.88. The molecule has 0 atom stereocenters. The number of carbonyl (C=O) groups is 1. The number of benzene rings is 2. The maximum absolute atomic E-state index is 11.7. The number of carbonyl (C=O) groups excluding carboxylic acids is 1. The van der Waals surface area contributed by atoms with Gasteiger partial charge < -0.3 is 4.74 Å². The van der Waals surface area contributed by atoms with Crippen LogP contribution in [0.4, 0.5) is 0 Å². The lowest BCUT2D eigenvalue weighted by molar-refractivity contribution is -0.162. The zero-order valence-electron chi connectivity index (χ0n) is 11.8. The third-order valence-corrected chi connectivity index (χ3v) is 3.11. The van der Waals surface area contributed by atoms with E-state index in [1.807, 2.05) is 36.4 Å². The summed E-state index contributed by atoms with van der Waals surface area (Å²) in [5, 5.41) is 3.30. The quantitative estimate of drug-likeness (QED) is 0.634. The van der Waals surface area contributed by atoms with Crippen molar-refractivity contribution in [3.05, 3.63) is 48.0 Å². The molecule has 2 aromatic carbocycles. The summed E-state index contributed by atoms with van der Waals surface area (Å²) in [6.07, 6.45) is 3.26. The molecule has 0 radical (unpaired) electrons. The van der Waals surface area contributed by atoms with E-state index in [1.165, 1.54) is 18.2 Å². The van der Waals surface area contributed by atoms with Crippen molar-refractivity contribution in [2.24, 2.45) is 0 Å². The molecule has 20 heavy (non-hydrogen) atoms. The summed E-state index contributed by atoms with van der Waals surface area (Å²) in [6, 6.07) is 11.8. The van der Waals surface area contributed by atoms with E-state index in [2.05, 4.69) is 0 Å². The topological polar surface area (TPSA) is 38.8 Å². The average molecular weight is 271 g/mol. The highest BCUT2D eigenvalue weighted by molar-refractivity contribution is 5.96. The normalized spacial score (nSPS) is 10.9. The van der Waals surface area contributed by atoms with E-state index >= 15 is 0 Å². The van der Waals surface area contributed by atoms with E-state index < -0.39 is 0 Å². The second-order valence-electron chi connectivity index (χ2n) is 4.29. The van der Waals surface area contributed by atoms with Crippen LogP contribution in [-0.2, 0) is 9.63 Å². The molecule has 0 saturated heterocycles. The first-order chi connectivity index (χ1) is 9.65. The van der Waals surface area contributed by atoms with Gasteiger partial charge in [0.05, 0.1) is 14.2 Å². The van der Waals surface area contributed by atoms with Crippen molar-refractivity contribution in [1.29, 1.82) is 0 Å². The lowest BCUT2D eigenvalue weighted by Crippen LogP contribution is -2.22. The zero-order chi connectivity index (χ0) is 14.5. The number of likely N-dealkylation sites (N-methyl/N-ethyl adjacent to an activating group) is 1. The number of nitrogens with zero attached hydrogens (tertiary/aromatic N) is 1. The molecule has 4 heteroatoms. The van der Waals surface area contributed by atoms with Gasteiger partial charge in [0.1, 0.15) is 5.75 Å². The summed E-state index contributed by atoms with van der Waals surface area (Å²) in [7, 11) is 4.66. The minimum atomic E-state index is -0.215. The smallest absolute Gasteiger partial charge is 0.269 e. The largest absolute Gasteiger partial charge is 0.497 e. The number of methoxy groups -OCH3 is 1. The molecular weight excluding hydrogens is 254 g/mol. The summed E-state index contributed by atoms with van der Waals surface area (Å²) in [4.78, 5) is 16.5. The highest BCUT2D eigenvalue weighted by Gasteiger charge is 2.04. The lowest BCUT2D eigenvalue weighted by atomic mass is 10.0. The van der Waals surface area contributed by atoms with Crippen LogP contribution < -0.4 is 4.74 Å². The summed E-state index contributed by atoms with van der Waals surface area (Å²) in [5.74, 6) is 0.575. The van der Waals surface area contributed by atoms with Gasteiger partial charge in [0.15, 0.2) is 0 Å². The van der Waals surface area contributed by atoms with Crippen LogP contribution in [0.15, 0.2) is 42.5 Å². The van der Waals surface area contributed by atoms with Crippen LogP contribution in [0.2, 0.25) is 0 Å². The first-order valence-corrected chi connectivity index (χ1v) is 6.22. The summed E-state index contributed by atoms with van der Waals surface area (Å²) in [6.45, 7) is 0. The third kappa shape index (κ3) is 2.97. The molecule has 0 fully saturated rings. The lowest BCUT2D eigenvalue weighted by Gasteiger charge is -2.10. The fourth-order valence-corrected chi connectivity index (χ4v) is 1.90. The molecule has 4 nitrogen and oxygen atoms in total. The monoisotopic (exact) mass is 271 g/mol. The Hall–Kier alpha value is -2.33. The molecule has 1 amide bonds. The van der Waals surface area contributed by atoms with E-state index in [0.717, 1.165) is 22.1 Å². The molecule has 0 saturated carbocycles. The summed E-state index contributed by atoms with van der Waals surface area (Å²) < 4.78 is 5.24. The SMILES string of the molecule is COc1ccc2cccc(/C=C/C(=O)N(C)OC)c2c1. The van der Waals surface area contributed by atoms with Crippen LogP contribution in [0.25, 0.3) is 16.8 Å². The van der Waals surface area contributed by atoms with Gasteiger partial charge in [0, 0.05) is 13.1 Å². The van der Waals surface area contributed by atoms with Gasteiger partial charge in [-0.2, -0.15) is 0 Å². The van der Waals surface area contributed by atoms with Gasteiger partial charge in [-0.25, -0.2) is 5.06 Å². The molecule has 0 unspecified atom stereocenters. The van der Waals surface area contributed by atoms with Crippen molar-refractivity contribution in [3.63, 3.8) is 0 Å². The maximum atomic E-state index is 11.7. The molecule has 0 aliphatic rings. The van der Waals surface area contributed by atoms with Gasteiger partial charge in [0.2, 0.25) is 0 Å². The van der Waals surface area contributed by atoms with E-state index in [-0.39, 0.29) is 5.91 Å². The number of amides is 1. The first kappa shape index (κ1) is 14.1. The Morgan fingerprint density at radius 3 is 2.70 bits per heavy atom. The molecule has 0 heterocycles. The Morgan fingerprint density at radius 2 is 2.00 bits per heavy atom. The van der Waals surface area contributed by atoms with Crippen molar-refractivity contribution in [2.75, 3.05) is 21.3 Å². The number of ether oxygens (including phenoxy) is 1. The van der Waals surface area contributed by atoms with Gasteiger partial charge in [-0.1, -0.05) is 24.3 Å². The third-order valence-electron chi connectivity index (χ3n) is 3.11. The minimum Gasteiger partial charge on any atom is -0.497 e. The molecule has 2 rings (SSSR count). The molecule has 0 bridgehead atoms. The van der Waals surface area contributed by atoms with Crippen LogP contribution in [0, 0.1) is 0 Å². The van der Waals surface area contributed by atoms with Gasteiger partial charge in [-0.15, -0.1) is 0 Å². The van der Waals surface area contributed by atoms with Crippen LogP contribution >= 0.6 is 0 Å². The van der Waals surface area contributed by atoms with Crippen molar-refractivity contribution >= 4 is 22.8 Å². The molecule has 104 valence electrons. The standard InChI is InChI=1S/C16H17NO3/c1-17(20-3)16(18)10-8-13-6-4-5-12-7-9-14(19-2)11-15(12)13/h4-11H,1-3H3/b10-8+. The second-order valence-corrected chi connectivity index (χ2v) is 4.29. The number of hydroxylamine groups is 2. The van der Waals surface area contributed by atoms with Gasteiger partial charge in [0.25, 0.3) is 5.91 Å². The van der Waals surface area contributed by atoms with Crippen molar-refractivity contribution in [1.82, 2.24) is 5.06 Å². The van der Waals surface area contributed by atoms with E-state index in [4.69, 9.17) is 9.57 Å². The second kappa shape index (κ2) is 6.21. The Bertz CT molecular complexity index is 649. The van der Waals surface area contributed by atoms with Gasteiger partial charge in [-0.3, -0.25) is 9.63 Å². The number of fused-ring (bicyclic) bond motifs is 1. The van der Waals surface area contributed by atoms with Crippen LogP contribution in [0.5, 0.6) is 5.75 Å². The number of hydrogen-bond donors (Lipinski definition) is 0. The Kier molecular flexibility index (Phi) is 4.38. The highest BCUT2D eigenvalue weighted by atomic mass is 16.7. The van der Waals surface area contributed by atoms with Gasteiger partial charge in [-0.05, 0) is 34.5 Å². The average Bonchev–Trinajstić information content (AvgIpc) is 2.51. The molecule has 0 aromatic heterocycles. The summed E-state index contributed by atoms with van der Waals surface area (Å²) >= 11 is 0. The Morgan fingerprint density at radius 1 is 1.20 bits per heavy atom. The fourth-order valence-electron chi connectivity index (χ4n) is 1.90. The Labute approximate surface area is 118 Å². The predicted molar refractivity (Wildman–Crippen MR) is 79.3 cm³/mol. The highest BCUT2D eigenvalue weighted by Crippen LogP contribution is 2.24. The molecule has 0 N–H and O–H groups in total. The molecule has 0 spiro atoms. The fraction of sp³-hybridized carbons (Fsp3) is 0.188. The van der Waals surface area contributed by atoms with Crippen LogP contribution in [-0.4, -0.2) is 32.2 Å². The number of rotatable bonds is 4. The van der Waals surface area contributed by atoms with Crippen molar-refractivity contribution < 1.29 is 14.4 Å². The Balaban J connectivity index is 2.39. The van der Waals surface area contributed by atoms with E-state index in [0.29, 0.717) is 0 Å². The molecule has 0 aliphatic carbocycles. The molecule has 2 aromatic rings. The van der Waals surface area contributed by atoms with Gasteiger partial charge >= 0.3 is 0 Å². The molecular formula is C16H17NO3. The number of hydrogen-bond acceptors (Lipinski definition) is 3. The van der Waals surface area contributed by atoms with Crippen molar-refractivity contribution in [2.45, 2.75) is 0 Å². The van der Waals surface area contributed by atoms with Crippen LogP contribution in [0.3, 0.4) is 0 Å². The minimum absolute atomic E-state index is 0.215. The zero-order valence-corrected chi connectivity index (χ0v) is 11.8.